The van der Waals surface area contributed by atoms with E-state index in [-0.39, 0.29) is 35.8 Å². The van der Waals surface area contributed by atoms with Crippen LogP contribution in [0.3, 0.4) is 0 Å². The first kappa shape index (κ1) is 82.4. The number of halogens is 6. The number of aromatic nitrogens is 6. The van der Waals surface area contributed by atoms with Gasteiger partial charge < -0.3 is 23.7 Å². The molecule has 10 heterocycles. The predicted molar refractivity (Wildman–Crippen MR) is 383 cm³/mol. The fourth-order valence-corrected chi connectivity index (χ4v) is 11.7. The zero-order valence-corrected chi connectivity index (χ0v) is 62.5. The van der Waals surface area contributed by atoms with Crippen LogP contribution >= 0.6 is 23.2 Å². The molecule has 554 valence electrons. The number of carbonyl (C=O) groups excluding carboxylic acids is 6. The molecule has 6 aromatic rings. The number of alkyl halides is 4. The number of aryl methyl sites for hydroxylation is 9. The second kappa shape index (κ2) is 37.6. The Balaban J connectivity index is 0.000000192. The van der Waals surface area contributed by atoms with Crippen LogP contribution in [0.25, 0.3) is 0 Å². The number of fused-ring (bicyclic) bond motifs is 6. The van der Waals surface area contributed by atoms with Gasteiger partial charge in [0.25, 0.3) is 12.9 Å². The Morgan fingerprint density at radius 1 is 0.392 bits per heavy atom. The van der Waals surface area contributed by atoms with E-state index in [2.05, 4.69) is 36.0 Å². The van der Waals surface area contributed by atoms with Gasteiger partial charge in [-0.3, -0.25) is 29.6 Å². The minimum Gasteiger partial charge on any atom is -0.481 e. The van der Waals surface area contributed by atoms with Crippen molar-refractivity contribution in [1.82, 2.24) is 29.9 Å². The Bertz CT molecular complexity index is 3770. The van der Waals surface area contributed by atoms with Crippen molar-refractivity contribution in [2.45, 2.75) is 228 Å². The average molecular weight is 1460 g/mol. The number of hydrogen-bond donors (Lipinski definition) is 0. The second-order valence-corrected chi connectivity index (χ2v) is 29.4. The third-order valence-corrected chi connectivity index (χ3v) is 16.1. The van der Waals surface area contributed by atoms with E-state index in [4.69, 9.17) is 56.5 Å². The summed E-state index contributed by atoms with van der Waals surface area (Å²) in [6.07, 6.45) is 9.34. The van der Waals surface area contributed by atoms with Crippen LogP contribution in [0.15, 0.2) is 72.8 Å². The van der Waals surface area contributed by atoms with Gasteiger partial charge in [0, 0.05) is 49.3 Å². The maximum absolute atomic E-state index is 12.6. The van der Waals surface area contributed by atoms with Crippen molar-refractivity contribution < 1.29 is 70.0 Å². The molecule has 0 bridgehead atoms. The first-order valence-corrected chi connectivity index (χ1v) is 35.1. The molecule has 12 rings (SSSR count). The normalized spacial score (nSPS) is 15.0. The molecule has 0 saturated carbocycles. The Morgan fingerprint density at radius 3 is 1.07 bits per heavy atom. The van der Waals surface area contributed by atoms with Gasteiger partial charge in [-0.25, -0.2) is 56.7 Å². The van der Waals surface area contributed by atoms with Crippen LogP contribution in [-0.2, 0) is 79.9 Å². The van der Waals surface area contributed by atoms with E-state index in [0.29, 0.717) is 66.6 Å². The molecule has 0 saturated heterocycles. The molecule has 21 nitrogen and oxygen atoms in total. The highest BCUT2D eigenvalue weighted by Gasteiger charge is 2.33. The molecule has 4 aliphatic heterocycles. The van der Waals surface area contributed by atoms with Crippen molar-refractivity contribution in [1.29, 1.82) is 0 Å². The SMILES string of the molecule is CC(C)(C)OC(=O)N1CCCc2nc(C(F)F)ccc21.CC(C)(C)OC(=O)N1CCCc2nc(Cl)ccc21.COc1ccc2c(n1)CCCN2C(=O)OC(C)(C)C.Cc1ccc2c(n1)CCCN2C(=O)OC(C)(C)C.Clc1ccc2c(n1)CCCC2.FC(F)c1ccc2c(n1)CCCC2.O=C=O. The van der Waals surface area contributed by atoms with Gasteiger partial charge in [-0.15, -0.1) is 0 Å². The maximum Gasteiger partial charge on any atom is 0.414 e. The monoisotopic (exact) mass is 1460 g/mol. The number of ether oxygens (including phenoxy) is 5. The van der Waals surface area contributed by atoms with E-state index in [0.717, 1.165) is 122 Å². The summed E-state index contributed by atoms with van der Waals surface area (Å²) in [6.45, 7) is 26.6. The van der Waals surface area contributed by atoms with Crippen molar-refractivity contribution in [3.05, 3.63) is 145 Å². The van der Waals surface area contributed by atoms with Crippen LogP contribution in [0.1, 0.15) is 210 Å². The number of hydrogen-bond acceptors (Lipinski definition) is 17. The maximum atomic E-state index is 12.6. The molecule has 0 aromatic carbocycles. The summed E-state index contributed by atoms with van der Waals surface area (Å²) in [5.41, 5.74) is 9.58. The Labute approximate surface area is 605 Å². The zero-order chi connectivity index (χ0) is 75.3. The number of carbonyl (C=O) groups is 4. The number of rotatable bonds is 3. The molecule has 0 spiro atoms. The molecular weight excluding hydrogens is 1360 g/mol. The third kappa shape index (κ3) is 26.1. The standard InChI is InChI=1S/C14H18F2N2O2.C14H20N2O3.C14H20N2O2.C13H17ClN2O2.C10H11F2N.C9H10ClN.CO2/c1-14(2,3)20-13(19)18-8-4-5-9-11(18)7-6-10(17-9)12(15)16;1-14(2,3)19-13(17)16-9-5-6-10-11(16)7-8-12(15-10)18-4;1-10-7-8-12-11(15-10)6-5-9-16(12)13(17)18-14(2,3)4;1-13(2,3)18-12(17)16-8-4-5-9-10(16)6-7-11(14)15-9;11-10(12)9-6-5-7-3-1-2-4-8(7)13-9;10-9-6-5-7-3-1-2-4-8(7)11-9;2-1-3/h6-7,12H,4-5,8H2,1-3H3;7-8H,5-6,9H2,1-4H3;7-8H,5-6,9H2,1-4H3;6-7H,4-5,8H2,1-3H3;5-6,10H,1-4H2;5-6H,1-4H2;. The molecular formula is C75H96Cl2F4N10O11. The van der Waals surface area contributed by atoms with Crippen molar-refractivity contribution in [3.8, 4) is 5.88 Å². The lowest BCUT2D eigenvalue weighted by Gasteiger charge is -2.31. The second-order valence-electron chi connectivity index (χ2n) is 28.7. The lowest BCUT2D eigenvalue weighted by Crippen LogP contribution is -2.40. The summed E-state index contributed by atoms with van der Waals surface area (Å²) in [5.74, 6) is 0.574. The molecule has 102 heavy (non-hydrogen) atoms. The highest BCUT2D eigenvalue weighted by atomic mass is 35.5. The highest BCUT2D eigenvalue weighted by Crippen LogP contribution is 2.34. The molecule has 0 fully saturated rings. The fourth-order valence-electron chi connectivity index (χ4n) is 11.4. The third-order valence-electron chi connectivity index (χ3n) is 15.7. The van der Waals surface area contributed by atoms with E-state index in [1.807, 2.05) is 99.6 Å². The van der Waals surface area contributed by atoms with Crippen molar-refractivity contribution in [2.24, 2.45) is 0 Å². The summed E-state index contributed by atoms with van der Waals surface area (Å²) in [5, 5.41) is 1.09. The summed E-state index contributed by atoms with van der Waals surface area (Å²) >= 11 is 11.6. The minimum absolute atomic E-state index is 0.0827. The van der Waals surface area contributed by atoms with Gasteiger partial charge in [0.15, 0.2) is 0 Å². The fraction of sp³-hybridized carbons (Fsp3) is 0.533. The average Bonchev–Trinajstić information content (AvgIpc) is 0.818. The van der Waals surface area contributed by atoms with Gasteiger partial charge in [0.05, 0.1) is 52.6 Å². The molecule has 0 unspecified atom stereocenters. The number of amides is 4. The Hall–Kier alpha value is -8.54. The molecule has 27 heteroatoms. The quantitative estimate of drug-likeness (QED) is 0.0909. The van der Waals surface area contributed by atoms with Gasteiger partial charge in [0.2, 0.25) is 5.88 Å². The molecule has 0 N–H and O–H groups in total. The molecule has 6 aliphatic rings. The van der Waals surface area contributed by atoms with Crippen LogP contribution in [-0.4, -0.2) is 116 Å². The zero-order valence-electron chi connectivity index (χ0n) is 61.0. The molecule has 2 aliphatic carbocycles. The first-order valence-electron chi connectivity index (χ1n) is 34.3. The van der Waals surface area contributed by atoms with E-state index in [9.17, 15) is 36.7 Å². The van der Waals surface area contributed by atoms with E-state index in [1.165, 1.54) is 53.6 Å². The summed E-state index contributed by atoms with van der Waals surface area (Å²) in [4.78, 5) is 96.6. The lowest BCUT2D eigenvalue weighted by molar-refractivity contribution is -0.191. The van der Waals surface area contributed by atoms with Crippen LogP contribution in [0, 0.1) is 6.92 Å². The van der Waals surface area contributed by atoms with Crippen LogP contribution in [0.2, 0.25) is 10.3 Å². The van der Waals surface area contributed by atoms with Crippen LogP contribution < -0.4 is 24.3 Å². The van der Waals surface area contributed by atoms with Crippen molar-refractivity contribution >= 4 is 76.5 Å². The van der Waals surface area contributed by atoms with E-state index >= 15 is 0 Å². The van der Waals surface area contributed by atoms with Gasteiger partial charge >= 0.3 is 30.5 Å². The Morgan fingerprint density at radius 2 is 0.676 bits per heavy atom. The number of methoxy groups -OCH3 is 1. The van der Waals surface area contributed by atoms with Crippen LogP contribution in [0.5, 0.6) is 5.88 Å². The molecule has 0 radical (unpaired) electrons. The molecule has 0 atom stereocenters. The number of pyridine rings is 6. The van der Waals surface area contributed by atoms with Gasteiger partial charge in [0.1, 0.15) is 44.1 Å². The molecule has 6 aromatic heterocycles. The predicted octanol–water partition coefficient (Wildman–Crippen LogP) is 17.9. The lowest BCUT2D eigenvalue weighted by atomic mass is 9.96. The number of anilines is 4. The van der Waals surface area contributed by atoms with Gasteiger partial charge in [-0.05, 0) is 258 Å². The van der Waals surface area contributed by atoms with E-state index in [1.54, 1.807) is 60.8 Å². The summed E-state index contributed by atoms with van der Waals surface area (Å²) < 4.78 is 76.5. The smallest absolute Gasteiger partial charge is 0.414 e. The topological polar surface area (TPSA) is 239 Å². The largest absolute Gasteiger partial charge is 0.481 e. The highest BCUT2D eigenvalue weighted by molar-refractivity contribution is 6.29. The number of nitrogens with zero attached hydrogens (tertiary/aromatic N) is 10. The summed E-state index contributed by atoms with van der Waals surface area (Å²) in [6, 6.07) is 21.0. The summed E-state index contributed by atoms with van der Waals surface area (Å²) in [7, 11) is 1.59. The van der Waals surface area contributed by atoms with E-state index < -0.39 is 41.3 Å². The van der Waals surface area contributed by atoms with Crippen molar-refractivity contribution in [3.63, 3.8) is 0 Å². The Kier molecular flexibility index (Phi) is 30.4. The first-order chi connectivity index (χ1) is 48.0. The van der Waals surface area contributed by atoms with Crippen LogP contribution in [0.4, 0.5) is 59.5 Å². The molecule has 4 amide bonds. The minimum atomic E-state index is -2.60. The van der Waals surface area contributed by atoms with Gasteiger partial charge in [-0.2, -0.15) is 9.59 Å². The van der Waals surface area contributed by atoms with Gasteiger partial charge in [-0.1, -0.05) is 35.3 Å². The van der Waals surface area contributed by atoms with Crippen molar-refractivity contribution in [2.75, 3.05) is 52.9 Å².